The normalized spacial score (nSPS) is 15.9. The van der Waals surface area contributed by atoms with Crippen LogP contribution in [0.5, 0.6) is 0 Å². The van der Waals surface area contributed by atoms with E-state index in [1.165, 1.54) is 11.3 Å². The van der Waals surface area contributed by atoms with E-state index in [2.05, 4.69) is 15.6 Å². The van der Waals surface area contributed by atoms with Gasteiger partial charge in [0.1, 0.15) is 6.61 Å². The molecule has 2 aromatic carbocycles. The highest BCUT2D eigenvalue weighted by Gasteiger charge is 2.34. The Labute approximate surface area is 181 Å². The second-order valence-electron chi connectivity index (χ2n) is 6.67. The Bertz CT molecular complexity index is 1170. The summed E-state index contributed by atoms with van der Waals surface area (Å²) in [5.41, 5.74) is 3.94. The zero-order chi connectivity index (χ0) is 21.8. The summed E-state index contributed by atoms with van der Waals surface area (Å²) in [6.45, 7) is 1.57. The van der Waals surface area contributed by atoms with Gasteiger partial charge in [-0.15, -0.1) is 11.3 Å². The summed E-state index contributed by atoms with van der Waals surface area (Å²) in [7, 11) is 0. The van der Waals surface area contributed by atoms with Crippen LogP contribution in [0.15, 0.2) is 65.3 Å². The second-order valence-corrected chi connectivity index (χ2v) is 7.55. The number of nitrogens with one attached hydrogen (secondary N) is 2. The number of aromatic nitrogens is 1. The molecule has 2 amide bonds. The quantitative estimate of drug-likeness (QED) is 0.573. The average Bonchev–Trinajstić information content (AvgIpc) is 3.25. The average molecular weight is 437 g/mol. The highest BCUT2D eigenvalue weighted by Crippen LogP contribution is 2.28. The molecule has 158 valence electrons. The van der Waals surface area contributed by atoms with E-state index < -0.39 is 24.0 Å². The van der Waals surface area contributed by atoms with Crippen LogP contribution in [0, 0.1) is 0 Å². The minimum atomic E-state index is -0.726. The van der Waals surface area contributed by atoms with Crippen LogP contribution in [0.4, 0.5) is 4.79 Å². The van der Waals surface area contributed by atoms with Gasteiger partial charge in [0.25, 0.3) is 0 Å². The van der Waals surface area contributed by atoms with Crippen LogP contribution in [0.25, 0.3) is 10.2 Å². The molecule has 2 N–H and O–H groups in total. The van der Waals surface area contributed by atoms with E-state index in [-0.39, 0.29) is 24.5 Å². The standard InChI is InChI=1S/C22H19N3O5S/c1-2-29-21(27)18-16(24-22(28)25-19(18)13-6-4-3-5-7-13)11-30-20(26)14-8-9-15-17(10-14)31-12-23-15/h3-10,12,19H,2,11H2,1H3,(H2,24,25,28)/t19-/m1/s1. The highest BCUT2D eigenvalue weighted by atomic mass is 32.1. The van der Waals surface area contributed by atoms with Gasteiger partial charge in [0.15, 0.2) is 0 Å². The molecule has 1 aliphatic rings. The summed E-state index contributed by atoms with van der Waals surface area (Å²) < 4.78 is 11.5. The number of carbonyl (C=O) groups is 3. The number of hydrogen-bond acceptors (Lipinski definition) is 7. The first kappa shape index (κ1) is 20.5. The van der Waals surface area contributed by atoms with Gasteiger partial charge >= 0.3 is 18.0 Å². The van der Waals surface area contributed by atoms with E-state index in [1.807, 2.05) is 18.2 Å². The molecule has 0 saturated heterocycles. The fourth-order valence-corrected chi connectivity index (χ4v) is 4.00. The van der Waals surface area contributed by atoms with Crippen LogP contribution in [-0.2, 0) is 14.3 Å². The van der Waals surface area contributed by atoms with Crippen molar-refractivity contribution < 1.29 is 23.9 Å². The number of ether oxygens (including phenoxy) is 2. The first-order valence-electron chi connectivity index (χ1n) is 9.60. The summed E-state index contributed by atoms with van der Waals surface area (Å²) in [6.07, 6.45) is 0. The lowest BCUT2D eigenvalue weighted by Crippen LogP contribution is -2.47. The predicted molar refractivity (Wildman–Crippen MR) is 114 cm³/mol. The molecule has 0 fully saturated rings. The van der Waals surface area contributed by atoms with Crippen molar-refractivity contribution in [2.75, 3.05) is 13.2 Å². The summed E-state index contributed by atoms with van der Waals surface area (Å²) in [5, 5.41) is 5.32. The first-order chi connectivity index (χ1) is 15.1. The maximum absolute atomic E-state index is 12.7. The Morgan fingerprint density at radius 3 is 2.68 bits per heavy atom. The number of carbonyl (C=O) groups excluding carboxylic acids is 3. The number of thiazole rings is 1. The molecule has 3 aromatic rings. The Hall–Kier alpha value is -3.72. The van der Waals surface area contributed by atoms with Crippen molar-refractivity contribution in [3.05, 3.63) is 76.4 Å². The summed E-state index contributed by atoms with van der Waals surface area (Å²) >= 11 is 1.42. The Balaban J connectivity index is 1.62. The predicted octanol–water partition coefficient (Wildman–Crippen LogP) is 3.32. The minimum Gasteiger partial charge on any atom is -0.463 e. The molecule has 0 radical (unpaired) electrons. The van der Waals surface area contributed by atoms with Gasteiger partial charge in [-0.2, -0.15) is 0 Å². The highest BCUT2D eigenvalue weighted by molar-refractivity contribution is 7.16. The fraction of sp³-hybridized carbons (Fsp3) is 0.182. The van der Waals surface area contributed by atoms with Crippen molar-refractivity contribution in [3.8, 4) is 0 Å². The van der Waals surface area contributed by atoms with Gasteiger partial charge in [-0.1, -0.05) is 30.3 Å². The van der Waals surface area contributed by atoms with Crippen LogP contribution >= 0.6 is 11.3 Å². The summed E-state index contributed by atoms with van der Waals surface area (Å²) in [4.78, 5) is 41.7. The van der Waals surface area contributed by atoms with Crippen LogP contribution in [0.2, 0.25) is 0 Å². The first-order valence-corrected chi connectivity index (χ1v) is 10.5. The molecular weight excluding hydrogens is 418 g/mol. The maximum atomic E-state index is 12.7. The van der Waals surface area contributed by atoms with E-state index in [1.54, 1.807) is 42.8 Å². The molecule has 1 aromatic heterocycles. The van der Waals surface area contributed by atoms with Crippen LogP contribution < -0.4 is 10.6 Å². The number of nitrogens with zero attached hydrogens (tertiary/aromatic N) is 1. The van der Waals surface area contributed by atoms with Gasteiger partial charge in [0.2, 0.25) is 0 Å². The Morgan fingerprint density at radius 1 is 1.10 bits per heavy atom. The third kappa shape index (κ3) is 4.41. The number of rotatable bonds is 6. The molecule has 31 heavy (non-hydrogen) atoms. The van der Waals surface area contributed by atoms with E-state index in [0.717, 1.165) is 10.2 Å². The lowest BCUT2D eigenvalue weighted by molar-refractivity contribution is -0.139. The second kappa shape index (κ2) is 8.97. The molecular formula is C22H19N3O5S. The zero-order valence-corrected chi connectivity index (χ0v) is 17.4. The lowest BCUT2D eigenvalue weighted by Gasteiger charge is -2.29. The van der Waals surface area contributed by atoms with Crippen molar-refractivity contribution in [2.45, 2.75) is 13.0 Å². The summed E-state index contributed by atoms with van der Waals surface area (Å²) in [5.74, 6) is -1.17. The molecule has 0 bridgehead atoms. The maximum Gasteiger partial charge on any atom is 0.338 e. The smallest absolute Gasteiger partial charge is 0.338 e. The van der Waals surface area contributed by atoms with Gasteiger partial charge in [0, 0.05) is 0 Å². The molecule has 1 atom stereocenters. The fourth-order valence-electron chi connectivity index (χ4n) is 3.28. The number of benzene rings is 2. The van der Waals surface area contributed by atoms with Gasteiger partial charge in [0.05, 0.1) is 45.2 Å². The van der Waals surface area contributed by atoms with E-state index in [0.29, 0.717) is 11.1 Å². The largest absolute Gasteiger partial charge is 0.463 e. The SMILES string of the molecule is CCOC(=O)C1=C(COC(=O)c2ccc3ncsc3c2)NC(=O)N[C@@H]1c1ccccc1. The monoisotopic (exact) mass is 437 g/mol. The number of hydrogen-bond donors (Lipinski definition) is 2. The Morgan fingerprint density at radius 2 is 1.90 bits per heavy atom. The van der Waals surface area contributed by atoms with E-state index in [9.17, 15) is 14.4 Å². The minimum absolute atomic E-state index is 0.166. The van der Waals surface area contributed by atoms with Gasteiger partial charge in [-0.3, -0.25) is 0 Å². The molecule has 0 spiro atoms. The van der Waals surface area contributed by atoms with Crippen LogP contribution in [-0.4, -0.2) is 36.2 Å². The van der Waals surface area contributed by atoms with Crippen LogP contribution in [0.1, 0.15) is 28.9 Å². The van der Waals surface area contributed by atoms with Crippen molar-refractivity contribution in [3.63, 3.8) is 0 Å². The summed E-state index contributed by atoms with van der Waals surface area (Å²) in [6, 6.07) is 12.9. The van der Waals surface area contributed by atoms with Gasteiger partial charge in [-0.05, 0) is 30.7 Å². The number of esters is 2. The molecule has 2 heterocycles. The van der Waals surface area contributed by atoms with E-state index >= 15 is 0 Å². The molecule has 4 rings (SSSR count). The van der Waals surface area contributed by atoms with Crippen molar-refractivity contribution in [1.82, 2.24) is 15.6 Å². The third-order valence-electron chi connectivity index (χ3n) is 4.70. The van der Waals surface area contributed by atoms with Crippen LogP contribution in [0.3, 0.4) is 0 Å². The number of amides is 2. The molecule has 1 aliphatic heterocycles. The van der Waals surface area contributed by atoms with Gasteiger partial charge in [-0.25, -0.2) is 19.4 Å². The topological polar surface area (TPSA) is 107 Å². The van der Waals surface area contributed by atoms with Crippen molar-refractivity contribution in [1.29, 1.82) is 0 Å². The lowest BCUT2D eigenvalue weighted by atomic mass is 9.95. The zero-order valence-electron chi connectivity index (χ0n) is 16.6. The molecule has 9 heteroatoms. The van der Waals surface area contributed by atoms with Gasteiger partial charge < -0.3 is 20.1 Å². The number of urea groups is 1. The molecule has 8 nitrogen and oxygen atoms in total. The third-order valence-corrected chi connectivity index (χ3v) is 5.49. The van der Waals surface area contributed by atoms with Crippen molar-refractivity contribution in [2.24, 2.45) is 0 Å². The van der Waals surface area contributed by atoms with E-state index in [4.69, 9.17) is 9.47 Å². The molecule has 0 unspecified atom stereocenters. The molecule has 0 aliphatic carbocycles. The molecule has 0 saturated carbocycles. The van der Waals surface area contributed by atoms with Crippen molar-refractivity contribution >= 4 is 39.5 Å². The number of fused-ring (bicyclic) bond motifs is 1. The Kier molecular flexibility index (Phi) is 5.94.